The van der Waals surface area contributed by atoms with Crippen LogP contribution >= 0.6 is 0 Å². The van der Waals surface area contributed by atoms with Gasteiger partial charge in [0.1, 0.15) is 12.4 Å². The zero-order valence-corrected chi connectivity index (χ0v) is 15.7. The first-order valence-corrected chi connectivity index (χ1v) is 9.50. The standard InChI is InChI=1S/C22H26N2O3/c1-17(25)20-7-3-4-8-21(20)23-22(26)18-9-11-19(12-10-18)27-16-15-24-13-5-2-6-14-24/h3-4,7-12H,2,5-6,13-16H2,1H3,(H,23,26). The Bertz CT molecular complexity index is 780. The molecule has 1 amide bonds. The molecule has 0 radical (unpaired) electrons. The summed E-state index contributed by atoms with van der Waals surface area (Å²) in [6, 6.07) is 14.1. The maximum Gasteiger partial charge on any atom is 0.255 e. The number of Topliss-reactive ketones (excluding diaryl/α,β-unsaturated/α-hetero) is 1. The van der Waals surface area contributed by atoms with E-state index in [-0.39, 0.29) is 11.7 Å². The maximum atomic E-state index is 12.5. The second-order valence-electron chi connectivity index (χ2n) is 6.83. The number of para-hydroxylation sites is 1. The van der Waals surface area contributed by atoms with Crippen LogP contribution in [0.2, 0.25) is 0 Å². The highest BCUT2D eigenvalue weighted by molar-refractivity contribution is 6.09. The number of benzene rings is 2. The van der Waals surface area contributed by atoms with Crippen molar-refractivity contribution in [2.75, 3.05) is 31.6 Å². The highest BCUT2D eigenvalue weighted by Gasteiger charge is 2.12. The minimum absolute atomic E-state index is 0.0802. The molecule has 5 heteroatoms. The van der Waals surface area contributed by atoms with Crippen LogP contribution in [0.5, 0.6) is 5.75 Å². The zero-order chi connectivity index (χ0) is 19.1. The monoisotopic (exact) mass is 366 g/mol. The number of hydrogen-bond acceptors (Lipinski definition) is 4. The Kier molecular flexibility index (Phi) is 6.60. The topological polar surface area (TPSA) is 58.6 Å². The van der Waals surface area contributed by atoms with E-state index in [0.717, 1.165) is 25.4 Å². The number of nitrogens with one attached hydrogen (secondary N) is 1. The molecule has 1 N–H and O–H groups in total. The molecule has 3 rings (SSSR count). The van der Waals surface area contributed by atoms with Crippen molar-refractivity contribution >= 4 is 17.4 Å². The number of carbonyl (C=O) groups excluding carboxylic acids is 2. The average Bonchev–Trinajstić information content (AvgIpc) is 2.69. The van der Waals surface area contributed by atoms with Gasteiger partial charge < -0.3 is 10.1 Å². The van der Waals surface area contributed by atoms with Crippen LogP contribution in [-0.2, 0) is 0 Å². The number of rotatable bonds is 7. The quantitative estimate of drug-likeness (QED) is 0.753. The summed E-state index contributed by atoms with van der Waals surface area (Å²) in [6.45, 7) is 5.39. The van der Waals surface area contributed by atoms with Crippen molar-refractivity contribution in [3.63, 3.8) is 0 Å². The predicted octanol–water partition coefficient (Wildman–Crippen LogP) is 4.01. The van der Waals surface area contributed by atoms with E-state index < -0.39 is 0 Å². The van der Waals surface area contributed by atoms with E-state index in [9.17, 15) is 9.59 Å². The van der Waals surface area contributed by atoms with E-state index in [4.69, 9.17) is 4.74 Å². The highest BCUT2D eigenvalue weighted by Crippen LogP contribution is 2.18. The number of anilines is 1. The Morgan fingerprint density at radius 3 is 2.41 bits per heavy atom. The first kappa shape index (κ1) is 19.1. The molecule has 0 aromatic heterocycles. The van der Waals surface area contributed by atoms with Crippen molar-refractivity contribution in [2.45, 2.75) is 26.2 Å². The SMILES string of the molecule is CC(=O)c1ccccc1NC(=O)c1ccc(OCCN2CCCCC2)cc1. The second-order valence-corrected chi connectivity index (χ2v) is 6.83. The van der Waals surface area contributed by atoms with Crippen molar-refractivity contribution in [1.29, 1.82) is 0 Å². The van der Waals surface area contributed by atoms with Crippen molar-refractivity contribution in [2.24, 2.45) is 0 Å². The van der Waals surface area contributed by atoms with Gasteiger partial charge in [0.2, 0.25) is 0 Å². The number of amides is 1. The summed E-state index contributed by atoms with van der Waals surface area (Å²) in [5.41, 5.74) is 1.55. The van der Waals surface area contributed by atoms with Gasteiger partial charge in [0.15, 0.2) is 5.78 Å². The van der Waals surface area contributed by atoms with Crippen molar-refractivity contribution in [3.8, 4) is 5.75 Å². The molecule has 0 saturated carbocycles. The van der Waals surface area contributed by atoms with Gasteiger partial charge >= 0.3 is 0 Å². The molecule has 2 aromatic carbocycles. The van der Waals surface area contributed by atoms with Gasteiger partial charge in [0.25, 0.3) is 5.91 Å². The smallest absolute Gasteiger partial charge is 0.255 e. The lowest BCUT2D eigenvalue weighted by Crippen LogP contribution is -2.33. The second kappa shape index (κ2) is 9.33. The van der Waals surface area contributed by atoms with E-state index in [1.807, 2.05) is 12.1 Å². The van der Waals surface area contributed by atoms with E-state index in [1.54, 1.807) is 36.4 Å². The molecule has 5 nitrogen and oxygen atoms in total. The van der Waals surface area contributed by atoms with Gasteiger partial charge in [0.05, 0.1) is 5.69 Å². The summed E-state index contributed by atoms with van der Waals surface area (Å²) in [5, 5.41) is 2.81. The average molecular weight is 366 g/mol. The fourth-order valence-electron chi connectivity index (χ4n) is 3.27. The Morgan fingerprint density at radius 2 is 1.70 bits per heavy atom. The first-order chi connectivity index (χ1) is 13.1. The molecule has 0 atom stereocenters. The molecular weight excluding hydrogens is 340 g/mol. The summed E-state index contributed by atoms with van der Waals surface area (Å²) in [6.07, 6.45) is 3.88. The van der Waals surface area contributed by atoms with Gasteiger partial charge in [-0.1, -0.05) is 18.6 Å². The zero-order valence-electron chi connectivity index (χ0n) is 15.7. The van der Waals surface area contributed by atoms with Crippen LogP contribution in [0.4, 0.5) is 5.69 Å². The molecule has 1 aliphatic rings. The Labute approximate surface area is 160 Å². The Hall–Kier alpha value is -2.66. The maximum absolute atomic E-state index is 12.5. The van der Waals surface area contributed by atoms with Crippen LogP contribution < -0.4 is 10.1 Å². The van der Waals surface area contributed by atoms with E-state index in [1.165, 1.54) is 26.2 Å². The summed E-state index contributed by atoms with van der Waals surface area (Å²) in [7, 11) is 0. The largest absolute Gasteiger partial charge is 0.492 e. The van der Waals surface area contributed by atoms with Crippen LogP contribution in [0, 0.1) is 0 Å². The van der Waals surface area contributed by atoms with E-state index in [2.05, 4.69) is 10.2 Å². The van der Waals surface area contributed by atoms with Gasteiger partial charge in [-0.2, -0.15) is 0 Å². The molecule has 0 aliphatic carbocycles. The van der Waals surface area contributed by atoms with Crippen LogP contribution in [-0.4, -0.2) is 42.8 Å². The fourth-order valence-corrected chi connectivity index (χ4v) is 3.27. The highest BCUT2D eigenvalue weighted by atomic mass is 16.5. The molecular formula is C22H26N2O3. The summed E-state index contributed by atoms with van der Waals surface area (Å²) < 4.78 is 5.79. The number of nitrogens with zero attached hydrogens (tertiary/aromatic N) is 1. The number of ketones is 1. The minimum Gasteiger partial charge on any atom is -0.492 e. The van der Waals surface area contributed by atoms with E-state index >= 15 is 0 Å². The van der Waals surface area contributed by atoms with Crippen LogP contribution in [0.15, 0.2) is 48.5 Å². The number of likely N-dealkylation sites (tertiary alicyclic amines) is 1. The summed E-state index contributed by atoms with van der Waals surface area (Å²) >= 11 is 0. The van der Waals surface area contributed by atoms with E-state index in [0.29, 0.717) is 23.4 Å². The molecule has 1 fully saturated rings. The Morgan fingerprint density at radius 1 is 1.00 bits per heavy atom. The molecule has 1 heterocycles. The lowest BCUT2D eigenvalue weighted by atomic mass is 10.1. The molecule has 0 spiro atoms. The third-order valence-corrected chi connectivity index (χ3v) is 4.80. The van der Waals surface area contributed by atoms with Crippen molar-refractivity contribution in [3.05, 3.63) is 59.7 Å². The van der Waals surface area contributed by atoms with Gasteiger partial charge in [-0.15, -0.1) is 0 Å². The van der Waals surface area contributed by atoms with Crippen LogP contribution in [0.25, 0.3) is 0 Å². The third kappa shape index (κ3) is 5.41. The van der Waals surface area contributed by atoms with Crippen LogP contribution in [0.1, 0.15) is 46.9 Å². The lowest BCUT2D eigenvalue weighted by Gasteiger charge is -2.26. The third-order valence-electron chi connectivity index (χ3n) is 4.80. The number of hydrogen-bond donors (Lipinski definition) is 1. The molecule has 1 aliphatic heterocycles. The van der Waals surface area contributed by atoms with Gasteiger partial charge in [-0.3, -0.25) is 14.5 Å². The summed E-state index contributed by atoms with van der Waals surface area (Å²) in [5.74, 6) is 0.430. The fraction of sp³-hybridized carbons (Fsp3) is 0.364. The van der Waals surface area contributed by atoms with Gasteiger partial charge in [-0.05, 0) is 69.3 Å². The van der Waals surface area contributed by atoms with Crippen LogP contribution in [0.3, 0.4) is 0 Å². The molecule has 27 heavy (non-hydrogen) atoms. The van der Waals surface area contributed by atoms with Gasteiger partial charge in [-0.25, -0.2) is 0 Å². The lowest BCUT2D eigenvalue weighted by molar-refractivity contribution is 0.101. The molecule has 0 unspecified atom stereocenters. The molecule has 142 valence electrons. The first-order valence-electron chi connectivity index (χ1n) is 9.50. The molecule has 1 saturated heterocycles. The minimum atomic E-state index is -0.247. The van der Waals surface area contributed by atoms with Crippen molar-refractivity contribution in [1.82, 2.24) is 4.90 Å². The number of carbonyl (C=O) groups is 2. The number of ether oxygens (including phenoxy) is 1. The van der Waals surface area contributed by atoms with Crippen molar-refractivity contribution < 1.29 is 14.3 Å². The number of piperidine rings is 1. The van der Waals surface area contributed by atoms with Gasteiger partial charge in [0, 0.05) is 17.7 Å². The predicted molar refractivity (Wildman–Crippen MR) is 107 cm³/mol. The summed E-state index contributed by atoms with van der Waals surface area (Å²) in [4.78, 5) is 26.6. The Balaban J connectivity index is 1.53. The molecule has 0 bridgehead atoms. The molecule has 2 aromatic rings. The normalized spacial score (nSPS) is 14.6.